The number of likely N-dealkylation sites (N-methyl/N-ethyl adjacent to an activating group) is 1. The highest BCUT2D eigenvalue weighted by Crippen LogP contribution is 2.10. The standard InChI is InChI=1S/C14H21NO/c1-4-15-10-12(2)8-13-6-5-7-14(9-13)11-16-3/h5-9,15H,4,10-11H2,1-3H3. The van der Waals surface area contributed by atoms with Crippen LogP contribution in [0.3, 0.4) is 0 Å². The second-order valence-corrected chi connectivity index (χ2v) is 3.95. The summed E-state index contributed by atoms with van der Waals surface area (Å²) in [6.45, 7) is 6.89. The molecule has 0 saturated carbocycles. The summed E-state index contributed by atoms with van der Waals surface area (Å²) in [5.41, 5.74) is 3.80. The van der Waals surface area contributed by atoms with Gasteiger partial charge in [0, 0.05) is 13.7 Å². The monoisotopic (exact) mass is 219 g/mol. The second kappa shape index (κ2) is 7.20. The summed E-state index contributed by atoms with van der Waals surface area (Å²) >= 11 is 0. The first kappa shape index (κ1) is 12.9. The first-order valence-electron chi connectivity index (χ1n) is 5.72. The molecule has 0 fully saturated rings. The molecule has 0 amide bonds. The van der Waals surface area contributed by atoms with Gasteiger partial charge in [-0.1, -0.05) is 36.8 Å². The summed E-state index contributed by atoms with van der Waals surface area (Å²) in [5, 5.41) is 3.32. The van der Waals surface area contributed by atoms with Crippen molar-refractivity contribution in [3.8, 4) is 0 Å². The minimum Gasteiger partial charge on any atom is -0.380 e. The van der Waals surface area contributed by atoms with E-state index in [-0.39, 0.29) is 0 Å². The van der Waals surface area contributed by atoms with Crippen LogP contribution in [0.2, 0.25) is 0 Å². The molecule has 0 spiro atoms. The SMILES string of the molecule is CCNCC(C)=Cc1cccc(COC)c1. The zero-order chi connectivity index (χ0) is 11.8. The molecule has 0 aliphatic heterocycles. The van der Waals surface area contributed by atoms with Crippen molar-refractivity contribution in [1.29, 1.82) is 0 Å². The van der Waals surface area contributed by atoms with Gasteiger partial charge in [-0.15, -0.1) is 0 Å². The van der Waals surface area contributed by atoms with E-state index in [0.29, 0.717) is 6.61 Å². The molecule has 0 saturated heterocycles. The zero-order valence-corrected chi connectivity index (χ0v) is 10.4. The van der Waals surface area contributed by atoms with Gasteiger partial charge in [-0.2, -0.15) is 0 Å². The van der Waals surface area contributed by atoms with Crippen molar-refractivity contribution in [2.45, 2.75) is 20.5 Å². The van der Waals surface area contributed by atoms with Crippen LogP contribution in [0.1, 0.15) is 25.0 Å². The Labute approximate surface area is 98.3 Å². The largest absolute Gasteiger partial charge is 0.380 e. The quantitative estimate of drug-likeness (QED) is 0.794. The maximum absolute atomic E-state index is 5.12. The van der Waals surface area contributed by atoms with Gasteiger partial charge in [0.1, 0.15) is 0 Å². The predicted octanol–water partition coefficient (Wildman–Crippen LogP) is 2.85. The predicted molar refractivity (Wildman–Crippen MR) is 69.3 cm³/mol. The van der Waals surface area contributed by atoms with Gasteiger partial charge in [-0.05, 0) is 30.7 Å². The summed E-state index contributed by atoms with van der Waals surface area (Å²) in [7, 11) is 1.72. The Morgan fingerprint density at radius 3 is 2.94 bits per heavy atom. The molecule has 0 atom stereocenters. The van der Waals surface area contributed by atoms with E-state index in [0.717, 1.165) is 13.1 Å². The molecule has 0 aliphatic rings. The maximum atomic E-state index is 5.12. The highest BCUT2D eigenvalue weighted by Gasteiger charge is 1.94. The lowest BCUT2D eigenvalue weighted by Gasteiger charge is -2.04. The number of nitrogens with one attached hydrogen (secondary N) is 1. The molecule has 0 aromatic heterocycles. The molecule has 16 heavy (non-hydrogen) atoms. The zero-order valence-electron chi connectivity index (χ0n) is 10.4. The van der Waals surface area contributed by atoms with Crippen molar-refractivity contribution in [3.63, 3.8) is 0 Å². The number of benzene rings is 1. The smallest absolute Gasteiger partial charge is 0.0713 e. The van der Waals surface area contributed by atoms with E-state index >= 15 is 0 Å². The number of ether oxygens (including phenoxy) is 1. The van der Waals surface area contributed by atoms with Gasteiger partial charge in [0.05, 0.1) is 6.61 Å². The maximum Gasteiger partial charge on any atom is 0.0713 e. The Hall–Kier alpha value is -1.12. The molecular formula is C14H21NO. The Bertz CT molecular complexity index is 344. The topological polar surface area (TPSA) is 21.3 Å². The van der Waals surface area contributed by atoms with Crippen molar-refractivity contribution in [2.24, 2.45) is 0 Å². The van der Waals surface area contributed by atoms with Crippen molar-refractivity contribution in [1.82, 2.24) is 5.32 Å². The summed E-state index contributed by atoms with van der Waals surface area (Å²) < 4.78 is 5.12. The van der Waals surface area contributed by atoms with Crippen LogP contribution in [0, 0.1) is 0 Å². The first-order chi connectivity index (χ1) is 7.76. The molecule has 0 bridgehead atoms. The van der Waals surface area contributed by atoms with E-state index < -0.39 is 0 Å². The molecule has 0 radical (unpaired) electrons. The second-order valence-electron chi connectivity index (χ2n) is 3.95. The minimum atomic E-state index is 0.675. The summed E-state index contributed by atoms with van der Waals surface area (Å²) in [5.74, 6) is 0. The van der Waals surface area contributed by atoms with Crippen molar-refractivity contribution < 1.29 is 4.74 Å². The lowest BCUT2D eigenvalue weighted by Crippen LogP contribution is -2.14. The lowest BCUT2D eigenvalue weighted by molar-refractivity contribution is 0.185. The Morgan fingerprint density at radius 2 is 2.25 bits per heavy atom. The van der Waals surface area contributed by atoms with E-state index in [1.165, 1.54) is 16.7 Å². The summed E-state index contributed by atoms with van der Waals surface area (Å²) in [6.07, 6.45) is 2.21. The van der Waals surface area contributed by atoms with Gasteiger partial charge >= 0.3 is 0 Å². The normalized spacial score (nSPS) is 11.8. The number of hydrogen-bond donors (Lipinski definition) is 1. The van der Waals surface area contributed by atoms with Crippen LogP contribution < -0.4 is 5.32 Å². The van der Waals surface area contributed by atoms with Crippen LogP contribution >= 0.6 is 0 Å². The number of hydrogen-bond acceptors (Lipinski definition) is 2. The summed E-state index contributed by atoms with van der Waals surface area (Å²) in [6, 6.07) is 8.44. The fraction of sp³-hybridized carbons (Fsp3) is 0.429. The van der Waals surface area contributed by atoms with Crippen molar-refractivity contribution in [3.05, 3.63) is 41.0 Å². The molecule has 0 unspecified atom stereocenters. The Kier molecular flexibility index (Phi) is 5.83. The van der Waals surface area contributed by atoms with Gasteiger partial charge in [-0.3, -0.25) is 0 Å². The van der Waals surface area contributed by atoms with Crippen molar-refractivity contribution >= 4 is 6.08 Å². The van der Waals surface area contributed by atoms with Crippen LogP contribution in [0.5, 0.6) is 0 Å². The third-order valence-corrected chi connectivity index (χ3v) is 2.33. The van der Waals surface area contributed by atoms with Gasteiger partial charge in [0.15, 0.2) is 0 Å². The van der Waals surface area contributed by atoms with E-state index in [4.69, 9.17) is 4.74 Å². The fourth-order valence-corrected chi connectivity index (χ4v) is 1.60. The van der Waals surface area contributed by atoms with E-state index in [2.05, 4.69) is 49.5 Å². The third kappa shape index (κ3) is 4.60. The summed E-state index contributed by atoms with van der Waals surface area (Å²) in [4.78, 5) is 0. The van der Waals surface area contributed by atoms with E-state index in [1.54, 1.807) is 7.11 Å². The Balaban J connectivity index is 2.68. The van der Waals surface area contributed by atoms with Crippen LogP contribution in [0.25, 0.3) is 6.08 Å². The highest BCUT2D eigenvalue weighted by atomic mass is 16.5. The molecule has 2 heteroatoms. The molecule has 1 N–H and O–H groups in total. The van der Waals surface area contributed by atoms with Gasteiger partial charge in [0.25, 0.3) is 0 Å². The number of methoxy groups -OCH3 is 1. The molecular weight excluding hydrogens is 198 g/mol. The van der Waals surface area contributed by atoms with Gasteiger partial charge in [-0.25, -0.2) is 0 Å². The Morgan fingerprint density at radius 1 is 1.44 bits per heavy atom. The van der Waals surface area contributed by atoms with Crippen LogP contribution in [0.15, 0.2) is 29.8 Å². The molecule has 1 aromatic carbocycles. The van der Waals surface area contributed by atoms with E-state index in [9.17, 15) is 0 Å². The average Bonchev–Trinajstić information content (AvgIpc) is 2.27. The van der Waals surface area contributed by atoms with E-state index in [1.807, 2.05) is 0 Å². The molecule has 0 heterocycles. The van der Waals surface area contributed by atoms with Crippen LogP contribution in [0.4, 0.5) is 0 Å². The molecule has 2 nitrogen and oxygen atoms in total. The highest BCUT2D eigenvalue weighted by molar-refractivity contribution is 5.53. The van der Waals surface area contributed by atoms with Crippen molar-refractivity contribution in [2.75, 3.05) is 20.2 Å². The lowest BCUT2D eigenvalue weighted by atomic mass is 10.1. The first-order valence-corrected chi connectivity index (χ1v) is 5.72. The van der Waals surface area contributed by atoms with Crippen LogP contribution in [-0.4, -0.2) is 20.2 Å². The van der Waals surface area contributed by atoms with Gasteiger partial charge in [0.2, 0.25) is 0 Å². The number of rotatable bonds is 6. The third-order valence-electron chi connectivity index (χ3n) is 2.33. The molecule has 1 rings (SSSR count). The van der Waals surface area contributed by atoms with Crippen LogP contribution in [-0.2, 0) is 11.3 Å². The van der Waals surface area contributed by atoms with Gasteiger partial charge < -0.3 is 10.1 Å². The average molecular weight is 219 g/mol. The molecule has 88 valence electrons. The molecule has 0 aliphatic carbocycles. The fourth-order valence-electron chi connectivity index (χ4n) is 1.60. The molecule has 1 aromatic rings. The minimum absolute atomic E-state index is 0.675.